The van der Waals surface area contributed by atoms with E-state index in [1.165, 1.54) is 0 Å². The van der Waals surface area contributed by atoms with Gasteiger partial charge in [-0.15, -0.1) is 12.4 Å². The number of piperidine rings is 1. The molecule has 0 bridgehead atoms. The quantitative estimate of drug-likeness (QED) is 0.685. The number of rotatable bonds is 4. The van der Waals surface area contributed by atoms with Crippen LogP contribution in [0.5, 0.6) is 0 Å². The average molecular weight is 416 g/mol. The van der Waals surface area contributed by atoms with Crippen LogP contribution in [0.4, 0.5) is 0 Å². The number of nitrogens with one attached hydrogen (secondary N) is 2. The van der Waals surface area contributed by atoms with Gasteiger partial charge in [0.1, 0.15) is 11.2 Å². The molecule has 1 fully saturated rings. The fourth-order valence-electron chi connectivity index (χ4n) is 3.96. The summed E-state index contributed by atoms with van der Waals surface area (Å²) < 4.78 is 1.76. The standard InChI is InChI=1S/C21H25N5O2.ClH/c1-14-19(21(28)25(2)13-15-6-4-3-5-7-15)20-23-18(27)12-17(26(20)24-14)16-8-10-22-11-9-16;/h3-7,12,16,22H,8-11,13H2,1-2H3,(H,23,27);1H. The van der Waals surface area contributed by atoms with Gasteiger partial charge < -0.3 is 15.2 Å². The Labute approximate surface area is 175 Å². The summed E-state index contributed by atoms with van der Waals surface area (Å²) in [6.45, 7) is 4.16. The highest BCUT2D eigenvalue weighted by molar-refractivity contribution is 6.00. The predicted octanol–water partition coefficient (Wildman–Crippen LogP) is 2.49. The van der Waals surface area contributed by atoms with Crippen LogP contribution < -0.4 is 10.9 Å². The maximum Gasteiger partial charge on any atom is 0.259 e. The number of nitrogens with zero attached hydrogens (tertiary/aromatic N) is 3. The molecule has 1 aromatic carbocycles. The normalized spacial score (nSPS) is 14.6. The van der Waals surface area contributed by atoms with Crippen LogP contribution in [0, 0.1) is 6.92 Å². The molecular formula is C21H26ClN5O2. The Hall–Kier alpha value is -2.64. The molecule has 7 nitrogen and oxygen atoms in total. The second kappa shape index (κ2) is 8.80. The van der Waals surface area contributed by atoms with Gasteiger partial charge in [0.2, 0.25) is 0 Å². The van der Waals surface area contributed by atoms with Crippen molar-refractivity contribution in [2.24, 2.45) is 0 Å². The fraction of sp³-hybridized carbons (Fsp3) is 0.381. The number of hydrogen-bond acceptors (Lipinski definition) is 4. The number of halogens is 1. The number of carbonyl (C=O) groups excluding carboxylic acids is 1. The number of benzene rings is 1. The summed E-state index contributed by atoms with van der Waals surface area (Å²) in [4.78, 5) is 30.0. The first kappa shape index (κ1) is 21.1. The van der Waals surface area contributed by atoms with E-state index < -0.39 is 0 Å². The third-order valence-electron chi connectivity index (χ3n) is 5.41. The molecule has 0 unspecified atom stereocenters. The van der Waals surface area contributed by atoms with Crippen LogP contribution in [0.15, 0.2) is 41.2 Å². The lowest BCUT2D eigenvalue weighted by atomic mass is 9.94. The number of H-pyrrole nitrogens is 1. The number of fused-ring (bicyclic) bond motifs is 1. The molecule has 1 saturated heterocycles. The zero-order valence-corrected chi connectivity index (χ0v) is 17.5. The summed E-state index contributed by atoms with van der Waals surface area (Å²) in [5, 5.41) is 7.96. The molecule has 3 aromatic rings. The minimum atomic E-state index is -0.194. The summed E-state index contributed by atoms with van der Waals surface area (Å²) in [5.41, 5.74) is 3.32. The smallest absolute Gasteiger partial charge is 0.259 e. The monoisotopic (exact) mass is 415 g/mol. The summed E-state index contributed by atoms with van der Waals surface area (Å²) >= 11 is 0. The third kappa shape index (κ3) is 4.21. The second-order valence-corrected chi connectivity index (χ2v) is 7.45. The van der Waals surface area contributed by atoms with E-state index >= 15 is 0 Å². The van der Waals surface area contributed by atoms with Crippen molar-refractivity contribution in [1.82, 2.24) is 24.8 Å². The van der Waals surface area contributed by atoms with Crippen LogP contribution in [0.2, 0.25) is 0 Å². The molecule has 1 amide bonds. The van der Waals surface area contributed by atoms with Crippen molar-refractivity contribution >= 4 is 24.0 Å². The largest absolute Gasteiger partial charge is 0.337 e. The first-order valence-electron chi connectivity index (χ1n) is 9.67. The average Bonchev–Trinajstić information content (AvgIpc) is 3.03. The predicted molar refractivity (Wildman–Crippen MR) is 115 cm³/mol. The van der Waals surface area contributed by atoms with Crippen molar-refractivity contribution in [2.45, 2.75) is 32.2 Å². The van der Waals surface area contributed by atoms with Crippen molar-refractivity contribution in [2.75, 3.05) is 20.1 Å². The molecule has 154 valence electrons. The van der Waals surface area contributed by atoms with Gasteiger partial charge in [-0.05, 0) is 38.4 Å². The van der Waals surface area contributed by atoms with Crippen LogP contribution in [0.1, 0.15) is 46.1 Å². The van der Waals surface area contributed by atoms with Crippen LogP contribution in [0.3, 0.4) is 0 Å². The van der Waals surface area contributed by atoms with E-state index in [1.807, 2.05) is 37.3 Å². The maximum atomic E-state index is 13.2. The Morgan fingerprint density at radius 1 is 1.24 bits per heavy atom. The van der Waals surface area contributed by atoms with E-state index in [2.05, 4.69) is 15.4 Å². The van der Waals surface area contributed by atoms with Gasteiger partial charge in [0, 0.05) is 25.6 Å². The molecule has 8 heteroatoms. The van der Waals surface area contributed by atoms with Crippen LogP contribution in [0.25, 0.3) is 5.65 Å². The van der Waals surface area contributed by atoms with Gasteiger partial charge in [-0.2, -0.15) is 5.10 Å². The Morgan fingerprint density at radius 3 is 2.62 bits per heavy atom. The lowest BCUT2D eigenvalue weighted by Gasteiger charge is -2.23. The van der Waals surface area contributed by atoms with Crippen molar-refractivity contribution < 1.29 is 4.79 Å². The topological polar surface area (TPSA) is 82.5 Å². The fourth-order valence-corrected chi connectivity index (χ4v) is 3.96. The van der Waals surface area contributed by atoms with Gasteiger partial charge in [-0.3, -0.25) is 9.59 Å². The summed E-state index contributed by atoms with van der Waals surface area (Å²) in [5.74, 6) is 0.116. The molecule has 0 radical (unpaired) electrons. The molecule has 1 aliphatic rings. The minimum Gasteiger partial charge on any atom is -0.337 e. The highest BCUT2D eigenvalue weighted by Gasteiger charge is 2.25. The van der Waals surface area contributed by atoms with Crippen molar-refractivity contribution in [3.05, 3.63) is 69.3 Å². The highest BCUT2D eigenvalue weighted by Crippen LogP contribution is 2.26. The molecule has 2 aromatic heterocycles. The van der Waals surface area contributed by atoms with Crippen molar-refractivity contribution in [3.8, 4) is 0 Å². The molecule has 0 spiro atoms. The van der Waals surface area contributed by atoms with E-state index in [4.69, 9.17) is 0 Å². The summed E-state index contributed by atoms with van der Waals surface area (Å²) in [6, 6.07) is 11.5. The van der Waals surface area contributed by atoms with Crippen LogP contribution >= 0.6 is 12.4 Å². The molecule has 2 N–H and O–H groups in total. The molecule has 3 heterocycles. The van der Waals surface area contributed by atoms with Crippen LogP contribution in [-0.2, 0) is 6.54 Å². The van der Waals surface area contributed by atoms with Gasteiger partial charge in [0.25, 0.3) is 11.5 Å². The lowest BCUT2D eigenvalue weighted by Crippen LogP contribution is -2.29. The van der Waals surface area contributed by atoms with Crippen molar-refractivity contribution in [1.29, 1.82) is 0 Å². The number of aromatic nitrogens is 3. The van der Waals surface area contributed by atoms with E-state index in [-0.39, 0.29) is 29.8 Å². The summed E-state index contributed by atoms with van der Waals surface area (Å²) in [7, 11) is 1.77. The van der Waals surface area contributed by atoms with E-state index in [1.54, 1.807) is 22.5 Å². The number of aryl methyl sites for hydroxylation is 1. The van der Waals surface area contributed by atoms with Gasteiger partial charge >= 0.3 is 0 Å². The molecule has 0 saturated carbocycles. The van der Waals surface area contributed by atoms with Gasteiger partial charge in [0.05, 0.1) is 11.4 Å². The SMILES string of the molecule is Cc1nn2c(C3CCNCC3)cc(=O)[nH]c2c1C(=O)N(C)Cc1ccccc1.Cl. The number of carbonyl (C=O) groups is 1. The summed E-state index contributed by atoms with van der Waals surface area (Å²) in [6.07, 6.45) is 1.91. The zero-order valence-electron chi connectivity index (χ0n) is 16.6. The molecular weight excluding hydrogens is 390 g/mol. The first-order valence-corrected chi connectivity index (χ1v) is 9.67. The van der Waals surface area contributed by atoms with E-state index in [9.17, 15) is 9.59 Å². The first-order chi connectivity index (χ1) is 13.5. The minimum absolute atomic E-state index is 0. The van der Waals surface area contributed by atoms with Gasteiger partial charge in [-0.1, -0.05) is 30.3 Å². The van der Waals surface area contributed by atoms with Crippen LogP contribution in [-0.4, -0.2) is 45.5 Å². The van der Waals surface area contributed by atoms with Gasteiger partial charge in [0.15, 0.2) is 0 Å². The number of hydrogen-bond donors (Lipinski definition) is 2. The Balaban J connectivity index is 0.00000240. The molecule has 4 rings (SSSR count). The third-order valence-corrected chi connectivity index (χ3v) is 5.41. The Kier molecular flexibility index (Phi) is 6.39. The maximum absolute atomic E-state index is 13.2. The Bertz CT molecular complexity index is 1050. The molecule has 1 aliphatic heterocycles. The van der Waals surface area contributed by atoms with Crippen molar-refractivity contribution in [3.63, 3.8) is 0 Å². The zero-order chi connectivity index (χ0) is 19.7. The van der Waals surface area contributed by atoms with E-state index in [0.29, 0.717) is 23.4 Å². The van der Waals surface area contributed by atoms with Gasteiger partial charge in [-0.25, -0.2) is 4.52 Å². The molecule has 0 aliphatic carbocycles. The second-order valence-electron chi connectivity index (χ2n) is 7.45. The molecule has 29 heavy (non-hydrogen) atoms. The highest BCUT2D eigenvalue weighted by atomic mass is 35.5. The Morgan fingerprint density at radius 2 is 1.93 bits per heavy atom. The van der Waals surface area contributed by atoms with E-state index in [0.717, 1.165) is 37.2 Å². The number of aromatic amines is 1. The lowest BCUT2D eigenvalue weighted by molar-refractivity contribution is 0.0786. The number of amides is 1. The molecule has 0 atom stereocenters.